The number of halogens is 1. The standard InChI is InChI=1S/C10H13ClOS/c1-3-13-8-4-5-9(7(2)12)10(11)6-8/h4-7,12H,3H2,1-2H3/t7-/m0/s1. The van der Waals surface area contributed by atoms with Gasteiger partial charge in [-0.1, -0.05) is 24.6 Å². The van der Waals surface area contributed by atoms with Gasteiger partial charge in [0, 0.05) is 9.92 Å². The number of rotatable bonds is 3. The molecule has 1 nitrogen and oxygen atoms in total. The van der Waals surface area contributed by atoms with Gasteiger partial charge in [0.2, 0.25) is 0 Å². The van der Waals surface area contributed by atoms with Crippen molar-refractivity contribution >= 4 is 23.4 Å². The highest BCUT2D eigenvalue weighted by Crippen LogP contribution is 2.28. The third-order valence-corrected chi connectivity index (χ3v) is 2.94. The van der Waals surface area contributed by atoms with E-state index in [0.29, 0.717) is 5.02 Å². The molecule has 0 aromatic heterocycles. The van der Waals surface area contributed by atoms with Crippen LogP contribution in [0, 0.1) is 0 Å². The smallest absolute Gasteiger partial charge is 0.0776 e. The van der Waals surface area contributed by atoms with Crippen molar-refractivity contribution in [1.29, 1.82) is 0 Å². The Hall–Kier alpha value is -0.180. The maximum absolute atomic E-state index is 9.33. The highest BCUT2D eigenvalue weighted by Gasteiger charge is 2.06. The Labute approximate surface area is 88.1 Å². The van der Waals surface area contributed by atoms with Gasteiger partial charge in [-0.15, -0.1) is 11.8 Å². The zero-order valence-electron chi connectivity index (χ0n) is 7.75. The lowest BCUT2D eigenvalue weighted by Crippen LogP contribution is -1.91. The molecule has 0 fully saturated rings. The molecule has 1 aromatic rings. The number of hydrogen-bond acceptors (Lipinski definition) is 2. The van der Waals surface area contributed by atoms with Crippen molar-refractivity contribution in [1.82, 2.24) is 0 Å². The van der Waals surface area contributed by atoms with Gasteiger partial charge in [-0.05, 0) is 30.4 Å². The van der Waals surface area contributed by atoms with E-state index in [0.717, 1.165) is 16.2 Å². The van der Waals surface area contributed by atoms with Crippen molar-refractivity contribution in [2.75, 3.05) is 5.75 Å². The first kappa shape index (κ1) is 10.9. The van der Waals surface area contributed by atoms with E-state index in [2.05, 4.69) is 6.92 Å². The van der Waals surface area contributed by atoms with Crippen LogP contribution in [0.5, 0.6) is 0 Å². The molecule has 0 amide bonds. The average Bonchev–Trinajstić information content (AvgIpc) is 2.04. The summed E-state index contributed by atoms with van der Waals surface area (Å²) in [5.74, 6) is 1.03. The fraction of sp³-hybridized carbons (Fsp3) is 0.400. The summed E-state index contributed by atoms with van der Waals surface area (Å²) in [5.41, 5.74) is 0.794. The quantitative estimate of drug-likeness (QED) is 0.781. The van der Waals surface area contributed by atoms with Gasteiger partial charge in [-0.25, -0.2) is 0 Å². The Balaban J connectivity index is 2.92. The van der Waals surface area contributed by atoms with Crippen LogP contribution in [0.2, 0.25) is 5.02 Å². The van der Waals surface area contributed by atoms with Crippen molar-refractivity contribution < 1.29 is 5.11 Å². The Kier molecular flexibility index (Phi) is 4.10. The van der Waals surface area contributed by atoms with Crippen LogP contribution in [0.4, 0.5) is 0 Å². The maximum Gasteiger partial charge on any atom is 0.0776 e. The van der Waals surface area contributed by atoms with E-state index in [1.165, 1.54) is 0 Å². The van der Waals surface area contributed by atoms with E-state index < -0.39 is 6.10 Å². The second kappa shape index (κ2) is 4.89. The third-order valence-electron chi connectivity index (χ3n) is 1.73. The largest absolute Gasteiger partial charge is 0.389 e. The van der Waals surface area contributed by atoms with E-state index >= 15 is 0 Å². The van der Waals surface area contributed by atoms with Crippen molar-refractivity contribution in [3.63, 3.8) is 0 Å². The predicted octanol–water partition coefficient (Wildman–Crippen LogP) is 3.51. The highest BCUT2D eigenvalue weighted by molar-refractivity contribution is 7.99. The van der Waals surface area contributed by atoms with Crippen molar-refractivity contribution in [3.8, 4) is 0 Å². The fourth-order valence-corrected chi connectivity index (χ4v) is 2.21. The summed E-state index contributed by atoms with van der Waals surface area (Å²) < 4.78 is 0. The van der Waals surface area contributed by atoms with Gasteiger partial charge in [-0.3, -0.25) is 0 Å². The second-order valence-corrected chi connectivity index (χ2v) is 4.54. The molecule has 0 radical (unpaired) electrons. The Morgan fingerprint density at radius 1 is 1.54 bits per heavy atom. The van der Waals surface area contributed by atoms with Gasteiger partial charge in [0.15, 0.2) is 0 Å². The lowest BCUT2D eigenvalue weighted by molar-refractivity contribution is 0.199. The fourth-order valence-electron chi connectivity index (χ4n) is 1.10. The van der Waals surface area contributed by atoms with Gasteiger partial charge in [0.05, 0.1) is 6.10 Å². The first-order valence-electron chi connectivity index (χ1n) is 4.25. The number of benzene rings is 1. The normalized spacial score (nSPS) is 12.9. The average molecular weight is 217 g/mol. The maximum atomic E-state index is 9.33. The van der Waals surface area contributed by atoms with Crippen LogP contribution < -0.4 is 0 Å². The van der Waals surface area contributed by atoms with Crippen molar-refractivity contribution in [2.24, 2.45) is 0 Å². The summed E-state index contributed by atoms with van der Waals surface area (Å²) in [7, 11) is 0. The molecule has 72 valence electrons. The second-order valence-electron chi connectivity index (χ2n) is 2.79. The van der Waals surface area contributed by atoms with Crippen LogP contribution in [-0.2, 0) is 0 Å². The SMILES string of the molecule is CCSc1ccc([C@H](C)O)c(Cl)c1. The molecule has 0 heterocycles. The molecular weight excluding hydrogens is 204 g/mol. The van der Waals surface area contributed by atoms with E-state index in [1.807, 2.05) is 18.2 Å². The predicted molar refractivity (Wildman–Crippen MR) is 58.5 cm³/mol. The van der Waals surface area contributed by atoms with Crippen molar-refractivity contribution in [3.05, 3.63) is 28.8 Å². The first-order chi connectivity index (χ1) is 6.15. The van der Waals surface area contributed by atoms with Crippen molar-refractivity contribution in [2.45, 2.75) is 24.8 Å². The molecule has 13 heavy (non-hydrogen) atoms. The molecule has 0 saturated heterocycles. The van der Waals surface area contributed by atoms with E-state index in [-0.39, 0.29) is 0 Å². The number of aliphatic hydroxyl groups excluding tert-OH is 1. The summed E-state index contributed by atoms with van der Waals surface area (Å²) >= 11 is 7.73. The Morgan fingerprint density at radius 3 is 2.69 bits per heavy atom. The molecule has 0 spiro atoms. The lowest BCUT2D eigenvalue weighted by atomic mass is 10.1. The van der Waals surface area contributed by atoms with Gasteiger partial charge < -0.3 is 5.11 Å². The molecule has 0 aliphatic carbocycles. The number of aliphatic hydroxyl groups is 1. The zero-order chi connectivity index (χ0) is 9.84. The highest BCUT2D eigenvalue weighted by atomic mass is 35.5. The monoisotopic (exact) mass is 216 g/mol. The summed E-state index contributed by atoms with van der Waals surface area (Å²) in [4.78, 5) is 1.15. The van der Waals surface area contributed by atoms with Gasteiger partial charge in [0.1, 0.15) is 0 Å². The van der Waals surface area contributed by atoms with Gasteiger partial charge >= 0.3 is 0 Å². The molecular formula is C10H13ClOS. The molecule has 1 rings (SSSR count). The summed E-state index contributed by atoms with van der Waals surface area (Å²) in [6.07, 6.45) is -0.492. The van der Waals surface area contributed by atoms with Crippen LogP contribution in [0.25, 0.3) is 0 Å². The Morgan fingerprint density at radius 2 is 2.23 bits per heavy atom. The lowest BCUT2D eigenvalue weighted by Gasteiger charge is -2.08. The molecule has 1 N–H and O–H groups in total. The minimum absolute atomic E-state index is 0.492. The summed E-state index contributed by atoms with van der Waals surface area (Å²) in [6.45, 7) is 3.81. The topological polar surface area (TPSA) is 20.2 Å². The van der Waals surface area contributed by atoms with Crippen LogP contribution in [0.1, 0.15) is 25.5 Å². The van der Waals surface area contributed by atoms with Gasteiger partial charge in [0.25, 0.3) is 0 Å². The van der Waals surface area contributed by atoms with E-state index in [9.17, 15) is 5.11 Å². The van der Waals surface area contributed by atoms with E-state index in [1.54, 1.807) is 18.7 Å². The van der Waals surface area contributed by atoms with Crippen LogP contribution in [0.3, 0.4) is 0 Å². The van der Waals surface area contributed by atoms with Gasteiger partial charge in [-0.2, -0.15) is 0 Å². The number of thioether (sulfide) groups is 1. The molecule has 1 atom stereocenters. The molecule has 0 saturated carbocycles. The Bertz CT molecular complexity index is 286. The number of hydrogen-bond donors (Lipinski definition) is 1. The summed E-state index contributed by atoms with van der Waals surface area (Å²) in [5, 5.41) is 9.98. The molecule has 1 aromatic carbocycles. The first-order valence-corrected chi connectivity index (χ1v) is 5.61. The minimum Gasteiger partial charge on any atom is -0.389 e. The minimum atomic E-state index is -0.492. The zero-order valence-corrected chi connectivity index (χ0v) is 9.32. The van der Waals surface area contributed by atoms with Crippen LogP contribution in [0.15, 0.2) is 23.1 Å². The molecule has 0 unspecified atom stereocenters. The molecule has 0 bridgehead atoms. The van der Waals surface area contributed by atoms with E-state index in [4.69, 9.17) is 11.6 Å². The summed E-state index contributed by atoms with van der Waals surface area (Å²) in [6, 6.07) is 5.77. The molecule has 0 aliphatic heterocycles. The molecule has 3 heteroatoms. The third kappa shape index (κ3) is 2.90. The van der Waals surface area contributed by atoms with Crippen LogP contribution >= 0.6 is 23.4 Å². The molecule has 0 aliphatic rings. The van der Waals surface area contributed by atoms with Crippen LogP contribution in [-0.4, -0.2) is 10.9 Å².